The summed E-state index contributed by atoms with van der Waals surface area (Å²) in [7, 11) is 0. The molecule has 1 aliphatic carbocycles. The first-order chi connectivity index (χ1) is 13.9. The lowest BCUT2D eigenvalue weighted by molar-refractivity contribution is -0.137. The molecular formula is C23H30N4O2. The van der Waals surface area contributed by atoms with Crippen molar-refractivity contribution in [3.05, 3.63) is 57.5 Å². The number of anilines is 1. The topological polar surface area (TPSA) is 78.1 Å². The van der Waals surface area contributed by atoms with Gasteiger partial charge < -0.3 is 10.2 Å². The van der Waals surface area contributed by atoms with E-state index < -0.39 is 5.41 Å². The number of nitrogens with one attached hydrogen (secondary N) is 2. The molecule has 1 aliphatic heterocycles. The van der Waals surface area contributed by atoms with Crippen molar-refractivity contribution in [3.63, 3.8) is 0 Å². The van der Waals surface area contributed by atoms with Gasteiger partial charge in [-0.15, -0.1) is 0 Å². The number of hydrogen-bond acceptors (Lipinski definition) is 4. The second-order valence-corrected chi connectivity index (χ2v) is 8.75. The van der Waals surface area contributed by atoms with Gasteiger partial charge in [0.25, 0.3) is 5.56 Å². The molecule has 0 atom stereocenters. The van der Waals surface area contributed by atoms with Crippen LogP contribution in [0.1, 0.15) is 56.4 Å². The molecule has 1 fully saturated rings. The molecule has 0 radical (unpaired) electrons. The molecule has 29 heavy (non-hydrogen) atoms. The highest BCUT2D eigenvalue weighted by molar-refractivity contribution is 5.87. The highest BCUT2D eigenvalue weighted by Gasteiger charge is 2.35. The van der Waals surface area contributed by atoms with Crippen LogP contribution >= 0.6 is 0 Å². The summed E-state index contributed by atoms with van der Waals surface area (Å²) in [5, 5.41) is 3.40. The van der Waals surface area contributed by atoms with Crippen molar-refractivity contribution in [1.29, 1.82) is 0 Å². The van der Waals surface area contributed by atoms with Gasteiger partial charge in [0.1, 0.15) is 0 Å². The van der Waals surface area contributed by atoms with Crippen molar-refractivity contribution in [2.45, 2.75) is 63.8 Å². The lowest BCUT2D eigenvalue weighted by atomic mass is 9.82. The number of piperidine rings is 1. The fourth-order valence-corrected chi connectivity index (χ4v) is 4.47. The third kappa shape index (κ3) is 4.07. The first-order valence-electron chi connectivity index (χ1n) is 10.7. The fraction of sp³-hybridized carbons (Fsp3) is 0.522. The maximum absolute atomic E-state index is 13.1. The van der Waals surface area contributed by atoms with Crippen LogP contribution in [-0.2, 0) is 23.1 Å². The van der Waals surface area contributed by atoms with Gasteiger partial charge in [-0.2, -0.15) is 0 Å². The molecule has 6 nitrogen and oxygen atoms in total. The normalized spacial score (nSPS) is 17.7. The molecule has 0 bridgehead atoms. The minimum absolute atomic E-state index is 0.00516. The first-order valence-corrected chi connectivity index (χ1v) is 10.7. The van der Waals surface area contributed by atoms with Gasteiger partial charge in [0.05, 0.1) is 11.1 Å². The third-order valence-electron chi connectivity index (χ3n) is 6.34. The fourth-order valence-electron chi connectivity index (χ4n) is 4.47. The minimum Gasteiger partial charge on any atom is -0.353 e. The third-order valence-corrected chi connectivity index (χ3v) is 6.34. The van der Waals surface area contributed by atoms with Crippen LogP contribution in [-0.4, -0.2) is 39.9 Å². The molecule has 0 unspecified atom stereocenters. The van der Waals surface area contributed by atoms with E-state index in [1.54, 1.807) is 0 Å². The van der Waals surface area contributed by atoms with Crippen molar-refractivity contribution in [2.24, 2.45) is 0 Å². The summed E-state index contributed by atoms with van der Waals surface area (Å²) >= 11 is 0. The van der Waals surface area contributed by atoms with Gasteiger partial charge in [-0.3, -0.25) is 14.6 Å². The number of aromatic amines is 1. The number of fused-ring (bicyclic) bond motifs is 1. The van der Waals surface area contributed by atoms with Gasteiger partial charge >= 0.3 is 0 Å². The van der Waals surface area contributed by atoms with E-state index in [9.17, 15) is 9.59 Å². The van der Waals surface area contributed by atoms with Gasteiger partial charge in [-0.25, -0.2) is 4.98 Å². The Morgan fingerprint density at radius 3 is 2.55 bits per heavy atom. The molecule has 2 heterocycles. The molecule has 1 amide bonds. The molecule has 2 N–H and O–H groups in total. The number of nitrogens with zero attached hydrogens (tertiary/aromatic N) is 2. The number of rotatable bonds is 4. The van der Waals surface area contributed by atoms with Gasteiger partial charge in [-0.05, 0) is 57.9 Å². The predicted octanol–water partition coefficient (Wildman–Crippen LogP) is 3.03. The summed E-state index contributed by atoms with van der Waals surface area (Å²) in [5.41, 5.74) is 2.30. The Balaban J connectivity index is 1.38. The van der Waals surface area contributed by atoms with Crippen LogP contribution in [0.5, 0.6) is 0 Å². The van der Waals surface area contributed by atoms with Crippen LogP contribution in [0.25, 0.3) is 0 Å². The molecule has 2 aromatic rings. The largest absolute Gasteiger partial charge is 0.353 e. The molecule has 154 valence electrons. The first kappa shape index (κ1) is 19.7. The average molecular weight is 395 g/mol. The summed E-state index contributed by atoms with van der Waals surface area (Å²) in [6.45, 7) is 5.41. The van der Waals surface area contributed by atoms with E-state index >= 15 is 0 Å². The number of H-pyrrole nitrogens is 1. The highest BCUT2D eigenvalue weighted by atomic mass is 16.2. The SMILES string of the molecule is CC(C)(C(=O)N1CCC(Nc2nc3c(c(=O)[nH]2)CCCC3)CC1)c1ccccc1. The number of carbonyl (C=O) groups excluding carboxylic acids is 1. The quantitative estimate of drug-likeness (QED) is 0.836. The zero-order valence-electron chi connectivity index (χ0n) is 17.3. The van der Waals surface area contributed by atoms with E-state index in [2.05, 4.69) is 15.3 Å². The Morgan fingerprint density at radius 2 is 1.83 bits per heavy atom. The van der Waals surface area contributed by atoms with Gasteiger partial charge in [0.15, 0.2) is 0 Å². The second kappa shape index (κ2) is 8.01. The van der Waals surface area contributed by atoms with Gasteiger partial charge in [0.2, 0.25) is 11.9 Å². The van der Waals surface area contributed by atoms with Gasteiger partial charge in [0, 0.05) is 24.7 Å². The number of carbonyl (C=O) groups is 1. The Bertz CT molecular complexity index is 928. The molecule has 6 heteroatoms. The van der Waals surface area contributed by atoms with Crippen LogP contribution in [0.4, 0.5) is 5.95 Å². The molecule has 0 saturated carbocycles. The summed E-state index contributed by atoms with van der Waals surface area (Å²) in [4.78, 5) is 35.0. The number of benzene rings is 1. The smallest absolute Gasteiger partial charge is 0.255 e. The molecule has 4 rings (SSSR count). The van der Waals surface area contributed by atoms with E-state index in [1.165, 1.54) is 0 Å². The van der Waals surface area contributed by atoms with Gasteiger partial charge in [-0.1, -0.05) is 30.3 Å². The average Bonchev–Trinajstić information content (AvgIpc) is 2.74. The molecular weight excluding hydrogens is 364 g/mol. The maximum atomic E-state index is 13.1. The summed E-state index contributed by atoms with van der Waals surface area (Å²) in [6.07, 6.45) is 5.57. The minimum atomic E-state index is -0.535. The molecule has 2 aliphatic rings. The predicted molar refractivity (Wildman–Crippen MR) is 114 cm³/mol. The van der Waals surface area contributed by atoms with Crippen LogP contribution < -0.4 is 10.9 Å². The van der Waals surface area contributed by atoms with E-state index in [-0.39, 0.29) is 17.5 Å². The lowest BCUT2D eigenvalue weighted by Crippen LogP contribution is -2.49. The summed E-state index contributed by atoms with van der Waals surface area (Å²) in [6, 6.07) is 10.2. The number of aryl methyl sites for hydroxylation is 1. The number of aromatic nitrogens is 2. The van der Waals surface area contributed by atoms with Crippen LogP contribution in [0, 0.1) is 0 Å². The maximum Gasteiger partial charge on any atom is 0.255 e. The van der Waals surface area contributed by atoms with E-state index in [0.29, 0.717) is 19.0 Å². The van der Waals surface area contributed by atoms with Crippen LogP contribution in [0.3, 0.4) is 0 Å². The highest BCUT2D eigenvalue weighted by Crippen LogP contribution is 2.27. The molecule has 1 saturated heterocycles. The van der Waals surface area contributed by atoms with E-state index in [1.807, 2.05) is 49.1 Å². The Labute approximate surface area is 171 Å². The Hall–Kier alpha value is -2.63. The van der Waals surface area contributed by atoms with Crippen molar-refractivity contribution in [1.82, 2.24) is 14.9 Å². The number of hydrogen-bond donors (Lipinski definition) is 2. The van der Waals surface area contributed by atoms with E-state index in [4.69, 9.17) is 0 Å². The summed E-state index contributed by atoms with van der Waals surface area (Å²) in [5.74, 6) is 0.743. The Morgan fingerprint density at radius 1 is 1.14 bits per heavy atom. The van der Waals surface area contributed by atoms with Crippen molar-refractivity contribution in [3.8, 4) is 0 Å². The van der Waals surface area contributed by atoms with Crippen LogP contribution in [0.15, 0.2) is 35.1 Å². The zero-order valence-corrected chi connectivity index (χ0v) is 17.3. The Kier molecular flexibility index (Phi) is 5.43. The summed E-state index contributed by atoms with van der Waals surface area (Å²) < 4.78 is 0. The second-order valence-electron chi connectivity index (χ2n) is 8.75. The van der Waals surface area contributed by atoms with Crippen LogP contribution in [0.2, 0.25) is 0 Å². The lowest BCUT2D eigenvalue weighted by Gasteiger charge is -2.37. The monoisotopic (exact) mass is 394 g/mol. The number of likely N-dealkylation sites (tertiary alicyclic amines) is 1. The van der Waals surface area contributed by atoms with Crippen molar-refractivity contribution in [2.75, 3.05) is 18.4 Å². The molecule has 0 spiro atoms. The van der Waals surface area contributed by atoms with Crippen molar-refractivity contribution >= 4 is 11.9 Å². The van der Waals surface area contributed by atoms with Crippen molar-refractivity contribution < 1.29 is 4.79 Å². The zero-order chi connectivity index (χ0) is 20.4. The molecule has 1 aromatic carbocycles. The van der Waals surface area contributed by atoms with E-state index in [0.717, 1.165) is 55.3 Å². The number of amides is 1. The molecule has 1 aromatic heterocycles. The standard InChI is InChI=1S/C23H30N4O2/c1-23(2,16-8-4-3-5-9-16)21(29)27-14-12-17(13-15-27)24-22-25-19-11-7-6-10-18(19)20(28)26-22/h3-5,8-9,17H,6-7,10-15H2,1-2H3,(H2,24,25,26,28).